The van der Waals surface area contributed by atoms with Crippen LogP contribution in [0.4, 0.5) is 0 Å². The van der Waals surface area contributed by atoms with E-state index >= 15 is 0 Å². The maximum absolute atomic E-state index is 12.1. The van der Waals surface area contributed by atoms with Crippen LogP contribution >= 0.6 is 23.2 Å². The minimum absolute atomic E-state index is 0.276. The standard InChI is InChI=1S/C22H19Cl2N3O4/c1-12-17(19(21(25)28)30-15-6-2-13(23)3-7-15)10-11-18(27-12)20(22(26)29)31-16-8-4-14(24)5-9-16/h2-11,19-20H,1H3,(H2,25,28)(H2,26,29). The predicted molar refractivity (Wildman–Crippen MR) is 117 cm³/mol. The average molecular weight is 460 g/mol. The lowest BCUT2D eigenvalue weighted by molar-refractivity contribution is -0.126. The minimum atomic E-state index is -1.14. The van der Waals surface area contributed by atoms with Crippen molar-refractivity contribution in [3.8, 4) is 11.5 Å². The maximum Gasteiger partial charge on any atom is 0.264 e. The number of hydrogen-bond acceptors (Lipinski definition) is 5. The topological polar surface area (TPSA) is 118 Å². The molecule has 0 radical (unpaired) electrons. The number of nitrogens with two attached hydrogens (primary N) is 2. The van der Waals surface area contributed by atoms with Gasteiger partial charge in [0.1, 0.15) is 11.5 Å². The molecule has 0 spiro atoms. The number of nitrogens with zero attached hydrogens (tertiary/aromatic N) is 1. The van der Waals surface area contributed by atoms with Gasteiger partial charge in [-0.15, -0.1) is 0 Å². The Hall–Kier alpha value is -3.29. The molecule has 31 heavy (non-hydrogen) atoms. The molecule has 0 saturated heterocycles. The van der Waals surface area contributed by atoms with Crippen LogP contribution in [0, 0.1) is 6.92 Å². The van der Waals surface area contributed by atoms with E-state index in [4.69, 9.17) is 44.1 Å². The van der Waals surface area contributed by atoms with Crippen molar-refractivity contribution in [3.05, 3.63) is 87.7 Å². The lowest BCUT2D eigenvalue weighted by atomic mass is 10.1. The number of ether oxygens (including phenoxy) is 2. The van der Waals surface area contributed by atoms with Crippen LogP contribution in [0.3, 0.4) is 0 Å². The maximum atomic E-state index is 12.1. The first-order valence-corrected chi connectivity index (χ1v) is 9.90. The second kappa shape index (κ2) is 9.68. The van der Waals surface area contributed by atoms with E-state index < -0.39 is 24.0 Å². The molecule has 0 aliphatic rings. The summed E-state index contributed by atoms with van der Waals surface area (Å²) >= 11 is 11.7. The molecule has 160 valence electrons. The van der Waals surface area contributed by atoms with Crippen molar-refractivity contribution in [2.45, 2.75) is 19.1 Å². The summed E-state index contributed by atoms with van der Waals surface area (Å²) in [4.78, 5) is 28.5. The molecule has 7 nitrogen and oxygen atoms in total. The number of carbonyl (C=O) groups excluding carboxylic acids is 2. The highest BCUT2D eigenvalue weighted by molar-refractivity contribution is 6.30. The Labute approximate surface area is 188 Å². The summed E-state index contributed by atoms with van der Waals surface area (Å²) in [6.45, 7) is 1.67. The number of amides is 2. The number of aryl methyl sites for hydroxylation is 1. The van der Waals surface area contributed by atoms with Crippen LogP contribution in [0.25, 0.3) is 0 Å². The summed E-state index contributed by atoms with van der Waals surface area (Å²) in [5.74, 6) is -0.606. The lowest BCUT2D eigenvalue weighted by Gasteiger charge is -2.20. The van der Waals surface area contributed by atoms with Crippen LogP contribution in [0.5, 0.6) is 11.5 Å². The number of halogens is 2. The third-order valence-corrected chi connectivity index (χ3v) is 4.86. The highest BCUT2D eigenvalue weighted by Crippen LogP contribution is 2.28. The molecule has 2 amide bonds. The number of carbonyl (C=O) groups is 2. The van der Waals surface area contributed by atoms with E-state index in [1.807, 2.05) is 0 Å². The first kappa shape index (κ1) is 22.4. The molecule has 3 rings (SSSR count). The van der Waals surface area contributed by atoms with E-state index in [1.54, 1.807) is 61.5 Å². The van der Waals surface area contributed by atoms with Gasteiger partial charge in [-0.1, -0.05) is 29.3 Å². The Morgan fingerprint density at radius 2 is 1.23 bits per heavy atom. The van der Waals surface area contributed by atoms with Gasteiger partial charge in [-0.2, -0.15) is 0 Å². The average Bonchev–Trinajstić information content (AvgIpc) is 2.73. The Balaban J connectivity index is 1.87. The summed E-state index contributed by atoms with van der Waals surface area (Å²) in [7, 11) is 0. The smallest absolute Gasteiger partial charge is 0.264 e. The number of benzene rings is 2. The zero-order valence-electron chi connectivity index (χ0n) is 16.4. The molecular formula is C22H19Cl2N3O4. The molecule has 2 unspecified atom stereocenters. The van der Waals surface area contributed by atoms with Crippen LogP contribution in [0.1, 0.15) is 29.2 Å². The van der Waals surface area contributed by atoms with Crippen LogP contribution in [0.2, 0.25) is 10.0 Å². The molecule has 1 heterocycles. The van der Waals surface area contributed by atoms with Gasteiger partial charge >= 0.3 is 0 Å². The summed E-state index contributed by atoms with van der Waals surface area (Å²) in [6.07, 6.45) is -2.23. The van der Waals surface area contributed by atoms with Gasteiger partial charge in [0.05, 0.1) is 5.69 Å². The van der Waals surface area contributed by atoms with Gasteiger partial charge in [-0.3, -0.25) is 14.6 Å². The van der Waals surface area contributed by atoms with Gasteiger partial charge in [0, 0.05) is 21.3 Å². The fourth-order valence-corrected chi connectivity index (χ4v) is 3.10. The van der Waals surface area contributed by atoms with E-state index in [0.717, 1.165) is 0 Å². The summed E-state index contributed by atoms with van der Waals surface area (Å²) in [5, 5.41) is 1.06. The summed E-state index contributed by atoms with van der Waals surface area (Å²) in [5.41, 5.74) is 12.2. The Bertz CT molecular complexity index is 1090. The molecule has 2 aromatic carbocycles. The van der Waals surface area contributed by atoms with Crippen molar-refractivity contribution in [3.63, 3.8) is 0 Å². The van der Waals surface area contributed by atoms with Gasteiger partial charge in [0.2, 0.25) is 12.2 Å². The van der Waals surface area contributed by atoms with Crippen molar-refractivity contribution in [2.75, 3.05) is 0 Å². The number of aromatic nitrogens is 1. The third-order valence-electron chi connectivity index (χ3n) is 4.35. The Kier molecular flexibility index (Phi) is 6.99. The van der Waals surface area contributed by atoms with Crippen LogP contribution in [-0.4, -0.2) is 16.8 Å². The quantitative estimate of drug-likeness (QED) is 0.529. The summed E-state index contributed by atoms with van der Waals surface area (Å²) in [6, 6.07) is 16.1. The predicted octanol–water partition coefficient (Wildman–Crippen LogP) is 3.91. The largest absolute Gasteiger partial charge is 0.476 e. The molecule has 0 aliphatic carbocycles. The normalized spacial score (nSPS) is 12.6. The monoisotopic (exact) mass is 459 g/mol. The number of rotatable bonds is 8. The number of hydrogen-bond donors (Lipinski definition) is 2. The molecule has 2 atom stereocenters. The fraction of sp³-hybridized carbons (Fsp3) is 0.136. The minimum Gasteiger partial charge on any atom is -0.476 e. The Morgan fingerprint density at radius 3 is 1.65 bits per heavy atom. The zero-order chi connectivity index (χ0) is 22.5. The molecule has 0 bridgehead atoms. The van der Waals surface area contributed by atoms with Crippen molar-refractivity contribution in [1.29, 1.82) is 0 Å². The fourth-order valence-electron chi connectivity index (χ4n) is 2.85. The molecule has 1 aromatic heterocycles. The molecule has 0 saturated carbocycles. The van der Waals surface area contributed by atoms with E-state index in [0.29, 0.717) is 32.8 Å². The van der Waals surface area contributed by atoms with Gasteiger partial charge in [0.15, 0.2) is 0 Å². The van der Waals surface area contributed by atoms with Crippen LogP contribution < -0.4 is 20.9 Å². The highest BCUT2D eigenvalue weighted by atomic mass is 35.5. The molecule has 4 N–H and O–H groups in total. The molecular weight excluding hydrogens is 441 g/mol. The summed E-state index contributed by atoms with van der Waals surface area (Å²) < 4.78 is 11.4. The van der Waals surface area contributed by atoms with Gasteiger partial charge in [-0.05, 0) is 61.5 Å². The molecule has 3 aromatic rings. The van der Waals surface area contributed by atoms with Crippen molar-refractivity contribution in [2.24, 2.45) is 11.5 Å². The highest BCUT2D eigenvalue weighted by Gasteiger charge is 2.26. The van der Waals surface area contributed by atoms with Crippen LogP contribution in [0.15, 0.2) is 60.7 Å². The Morgan fingerprint density at radius 1 is 0.774 bits per heavy atom. The molecule has 9 heteroatoms. The second-order valence-corrected chi connectivity index (χ2v) is 7.49. The van der Waals surface area contributed by atoms with Crippen molar-refractivity contribution in [1.82, 2.24) is 4.98 Å². The van der Waals surface area contributed by atoms with E-state index in [1.165, 1.54) is 6.07 Å². The molecule has 0 fully saturated rings. The van der Waals surface area contributed by atoms with E-state index in [9.17, 15) is 9.59 Å². The first-order chi connectivity index (χ1) is 14.7. The lowest BCUT2D eigenvalue weighted by Crippen LogP contribution is -2.29. The van der Waals surface area contributed by atoms with E-state index in [-0.39, 0.29) is 5.69 Å². The number of primary amides is 2. The van der Waals surface area contributed by atoms with Crippen molar-refractivity contribution >= 4 is 35.0 Å². The first-order valence-electron chi connectivity index (χ1n) is 9.15. The third kappa shape index (κ3) is 5.65. The number of pyridine rings is 1. The van der Waals surface area contributed by atoms with Gasteiger partial charge < -0.3 is 20.9 Å². The van der Waals surface area contributed by atoms with Crippen LogP contribution in [-0.2, 0) is 9.59 Å². The van der Waals surface area contributed by atoms with Gasteiger partial charge in [-0.25, -0.2) is 0 Å². The van der Waals surface area contributed by atoms with Crippen molar-refractivity contribution < 1.29 is 19.1 Å². The van der Waals surface area contributed by atoms with Gasteiger partial charge in [0.25, 0.3) is 11.8 Å². The molecule has 0 aliphatic heterocycles. The zero-order valence-corrected chi connectivity index (χ0v) is 17.9. The second-order valence-electron chi connectivity index (χ2n) is 6.62. The SMILES string of the molecule is Cc1nc(C(Oc2ccc(Cl)cc2)C(N)=O)ccc1C(Oc1ccc(Cl)cc1)C(N)=O. The van der Waals surface area contributed by atoms with E-state index in [2.05, 4.69) is 4.98 Å².